The van der Waals surface area contributed by atoms with E-state index < -0.39 is 0 Å². The van der Waals surface area contributed by atoms with E-state index in [2.05, 4.69) is 10.6 Å². The standard InChI is InChI=1S/C25H24F2N4O2/c26-19-3-1-16(2-4-19)12-28-22-9-10-23(32)31-14-17-11-18(24(22)31)15-30(13-17)25(33)29-21-7-5-20(27)6-8-21/h1-10,17-18,28H,11-15H2,(H,29,33). The van der Waals surface area contributed by atoms with Crippen LogP contribution in [0.3, 0.4) is 0 Å². The summed E-state index contributed by atoms with van der Waals surface area (Å²) in [5.74, 6) is -0.445. The number of carbonyl (C=O) groups is 1. The highest BCUT2D eigenvalue weighted by molar-refractivity contribution is 5.89. The van der Waals surface area contributed by atoms with Crippen molar-refractivity contribution in [3.8, 4) is 0 Å². The van der Waals surface area contributed by atoms with Gasteiger partial charge >= 0.3 is 6.03 Å². The Bertz CT molecular complexity index is 1220. The number of urea groups is 1. The fraction of sp³-hybridized carbons (Fsp3) is 0.280. The number of hydrogen-bond donors (Lipinski definition) is 2. The highest BCUT2D eigenvalue weighted by atomic mass is 19.1. The second-order valence-corrected chi connectivity index (χ2v) is 8.70. The zero-order chi connectivity index (χ0) is 22.9. The van der Waals surface area contributed by atoms with E-state index in [1.54, 1.807) is 29.2 Å². The molecule has 2 atom stereocenters. The highest BCUT2D eigenvalue weighted by Gasteiger charge is 2.37. The van der Waals surface area contributed by atoms with Crippen LogP contribution in [0.25, 0.3) is 0 Å². The fourth-order valence-electron chi connectivity index (χ4n) is 4.87. The number of aromatic nitrogens is 1. The number of pyridine rings is 1. The number of halogens is 2. The number of nitrogens with one attached hydrogen (secondary N) is 2. The van der Waals surface area contributed by atoms with Gasteiger partial charge in [0.25, 0.3) is 5.56 Å². The number of fused-ring (bicyclic) bond motifs is 4. The normalized spacial score (nSPS) is 19.0. The number of rotatable bonds is 4. The maximum absolute atomic E-state index is 13.2. The maximum Gasteiger partial charge on any atom is 0.321 e. The Hall–Kier alpha value is -3.68. The first-order chi connectivity index (χ1) is 16.0. The lowest BCUT2D eigenvalue weighted by Gasteiger charge is -2.43. The van der Waals surface area contributed by atoms with E-state index in [9.17, 15) is 18.4 Å². The Morgan fingerprint density at radius 2 is 1.61 bits per heavy atom. The summed E-state index contributed by atoms with van der Waals surface area (Å²) in [4.78, 5) is 27.3. The summed E-state index contributed by atoms with van der Waals surface area (Å²) in [6.07, 6.45) is 0.898. The van der Waals surface area contributed by atoms with Crippen molar-refractivity contribution in [1.82, 2.24) is 9.47 Å². The van der Waals surface area contributed by atoms with Crippen molar-refractivity contribution >= 4 is 17.4 Å². The summed E-state index contributed by atoms with van der Waals surface area (Å²) in [6.45, 7) is 2.09. The molecule has 1 fully saturated rings. The Labute approximate surface area is 189 Å². The second kappa shape index (κ2) is 8.69. The number of carbonyl (C=O) groups excluding carboxylic acids is 1. The lowest BCUT2D eigenvalue weighted by Crippen LogP contribution is -2.50. The largest absolute Gasteiger partial charge is 0.380 e. The molecule has 3 aromatic rings. The molecule has 170 valence electrons. The molecule has 3 heterocycles. The topological polar surface area (TPSA) is 66.4 Å². The van der Waals surface area contributed by atoms with Gasteiger partial charge in [-0.1, -0.05) is 12.1 Å². The molecule has 8 heteroatoms. The Morgan fingerprint density at radius 3 is 2.33 bits per heavy atom. The zero-order valence-corrected chi connectivity index (χ0v) is 17.9. The van der Waals surface area contributed by atoms with Crippen molar-refractivity contribution in [2.45, 2.75) is 25.4 Å². The minimum atomic E-state index is -0.358. The van der Waals surface area contributed by atoms with Gasteiger partial charge in [-0.3, -0.25) is 4.79 Å². The predicted octanol–water partition coefficient (Wildman–Crippen LogP) is 4.39. The van der Waals surface area contributed by atoms with E-state index in [0.717, 1.165) is 23.4 Å². The third-order valence-electron chi connectivity index (χ3n) is 6.37. The summed E-state index contributed by atoms with van der Waals surface area (Å²) in [5.41, 5.74) is 3.17. The minimum absolute atomic E-state index is 0.0149. The minimum Gasteiger partial charge on any atom is -0.380 e. The van der Waals surface area contributed by atoms with Crippen molar-refractivity contribution < 1.29 is 13.6 Å². The molecule has 5 rings (SSSR count). The number of piperidine rings is 1. The number of likely N-dealkylation sites (tertiary alicyclic amines) is 1. The Kier molecular flexibility index (Phi) is 5.58. The number of amides is 2. The number of anilines is 2. The van der Waals surface area contributed by atoms with Gasteiger partial charge in [0, 0.05) is 49.5 Å². The average Bonchev–Trinajstić information content (AvgIpc) is 2.81. The summed E-state index contributed by atoms with van der Waals surface area (Å²) in [6, 6.07) is 15.1. The van der Waals surface area contributed by atoms with Crippen LogP contribution in [-0.4, -0.2) is 28.6 Å². The van der Waals surface area contributed by atoms with Crippen molar-refractivity contribution in [2.24, 2.45) is 5.92 Å². The van der Waals surface area contributed by atoms with Crippen LogP contribution in [0.1, 0.15) is 23.6 Å². The van der Waals surface area contributed by atoms with E-state index >= 15 is 0 Å². The molecule has 2 aliphatic heterocycles. The van der Waals surface area contributed by atoms with E-state index in [1.807, 2.05) is 4.57 Å². The maximum atomic E-state index is 13.2. The van der Waals surface area contributed by atoms with Crippen LogP contribution < -0.4 is 16.2 Å². The Morgan fingerprint density at radius 1 is 0.909 bits per heavy atom. The average molecular weight is 450 g/mol. The van der Waals surface area contributed by atoms with E-state index in [-0.39, 0.29) is 35.1 Å². The molecule has 2 amide bonds. The van der Waals surface area contributed by atoms with Crippen molar-refractivity contribution in [3.63, 3.8) is 0 Å². The molecular formula is C25H24F2N4O2. The SMILES string of the molecule is O=C(Nc1ccc(F)cc1)N1CC2CC(C1)c1c(NCc3ccc(F)cc3)ccc(=O)n1C2. The number of hydrogen-bond acceptors (Lipinski definition) is 3. The fourth-order valence-corrected chi connectivity index (χ4v) is 4.87. The molecule has 0 saturated carbocycles. The molecule has 2 aromatic carbocycles. The van der Waals surface area contributed by atoms with Crippen LogP contribution >= 0.6 is 0 Å². The first-order valence-electron chi connectivity index (χ1n) is 11.0. The van der Waals surface area contributed by atoms with Gasteiger partial charge in [0.2, 0.25) is 0 Å². The molecule has 33 heavy (non-hydrogen) atoms. The van der Waals surface area contributed by atoms with Crippen LogP contribution in [0.2, 0.25) is 0 Å². The van der Waals surface area contributed by atoms with Gasteiger partial charge in [0.1, 0.15) is 11.6 Å². The van der Waals surface area contributed by atoms with Gasteiger partial charge in [-0.15, -0.1) is 0 Å². The third kappa shape index (κ3) is 4.46. The Balaban J connectivity index is 1.35. The number of benzene rings is 2. The molecule has 6 nitrogen and oxygen atoms in total. The molecule has 0 spiro atoms. The zero-order valence-electron chi connectivity index (χ0n) is 17.9. The molecule has 2 bridgehead atoms. The molecule has 2 aliphatic rings. The molecule has 1 saturated heterocycles. The van der Waals surface area contributed by atoms with Gasteiger partial charge in [-0.2, -0.15) is 0 Å². The monoisotopic (exact) mass is 450 g/mol. The molecule has 1 aromatic heterocycles. The van der Waals surface area contributed by atoms with Crippen LogP contribution in [-0.2, 0) is 13.1 Å². The van der Waals surface area contributed by atoms with Crippen molar-refractivity contribution in [3.05, 3.63) is 93.9 Å². The van der Waals surface area contributed by atoms with E-state index in [1.165, 1.54) is 36.4 Å². The van der Waals surface area contributed by atoms with Crippen molar-refractivity contribution in [1.29, 1.82) is 0 Å². The van der Waals surface area contributed by atoms with Gasteiger partial charge < -0.3 is 20.1 Å². The third-order valence-corrected chi connectivity index (χ3v) is 6.37. The first-order valence-corrected chi connectivity index (χ1v) is 11.0. The summed E-state index contributed by atoms with van der Waals surface area (Å²) in [7, 11) is 0. The molecular weight excluding hydrogens is 426 g/mol. The first kappa shape index (κ1) is 21.2. The molecule has 2 N–H and O–H groups in total. The second-order valence-electron chi connectivity index (χ2n) is 8.70. The quantitative estimate of drug-likeness (QED) is 0.620. The summed E-state index contributed by atoms with van der Waals surface area (Å²) >= 11 is 0. The molecule has 0 radical (unpaired) electrons. The van der Waals surface area contributed by atoms with Crippen LogP contribution in [0.4, 0.5) is 25.0 Å². The van der Waals surface area contributed by atoms with Crippen LogP contribution in [0, 0.1) is 17.6 Å². The molecule has 2 unspecified atom stereocenters. The van der Waals surface area contributed by atoms with E-state index in [0.29, 0.717) is 31.9 Å². The molecule has 0 aliphatic carbocycles. The van der Waals surface area contributed by atoms with Crippen LogP contribution in [0.15, 0.2) is 65.5 Å². The smallest absolute Gasteiger partial charge is 0.321 e. The van der Waals surface area contributed by atoms with Gasteiger partial charge in [0.05, 0.1) is 5.69 Å². The predicted molar refractivity (Wildman–Crippen MR) is 122 cm³/mol. The number of nitrogens with zero attached hydrogens (tertiary/aromatic N) is 2. The van der Waals surface area contributed by atoms with Crippen LogP contribution in [0.5, 0.6) is 0 Å². The summed E-state index contributed by atoms with van der Waals surface area (Å²) in [5, 5.41) is 6.23. The summed E-state index contributed by atoms with van der Waals surface area (Å²) < 4.78 is 28.2. The van der Waals surface area contributed by atoms with Crippen molar-refractivity contribution in [2.75, 3.05) is 23.7 Å². The van der Waals surface area contributed by atoms with Gasteiger partial charge in [0.15, 0.2) is 0 Å². The van der Waals surface area contributed by atoms with Gasteiger partial charge in [-0.05, 0) is 60.4 Å². The highest BCUT2D eigenvalue weighted by Crippen LogP contribution is 2.38. The lowest BCUT2D eigenvalue weighted by atomic mass is 9.82. The van der Waals surface area contributed by atoms with Gasteiger partial charge in [-0.25, -0.2) is 13.6 Å². The lowest BCUT2D eigenvalue weighted by molar-refractivity contribution is 0.140. The van der Waals surface area contributed by atoms with E-state index in [4.69, 9.17) is 0 Å².